The molecule has 0 heterocycles. The Kier molecular flexibility index (Phi) is 6.14. The lowest BCUT2D eigenvalue weighted by atomic mass is 10.1. The summed E-state index contributed by atoms with van der Waals surface area (Å²) in [4.78, 5) is 23.2. The third-order valence-electron chi connectivity index (χ3n) is 3.34. The van der Waals surface area contributed by atoms with Gasteiger partial charge in [0.2, 0.25) is 0 Å². The number of hydrogen-bond donors (Lipinski definition) is 2. The van der Waals surface area contributed by atoms with Crippen LogP contribution in [0.3, 0.4) is 0 Å². The molecule has 0 saturated heterocycles. The van der Waals surface area contributed by atoms with Gasteiger partial charge in [-0.25, -0.2) is 4.79 Å². The molecule has 1 radical (unpaired) electrons. The van der Waals surface area contributed by atoms with E-state index in [2.05, 4.69) is 12.2 Å². The largest absolute Gasteiger partial charge is 0.481 e. The lowest BCUT2D eigenvalue weighted by Crippen LogP contribution is -2.32. The Morgan fingerprint density at radius 1 is 1.25 bits per heavy atom. The van der Waals surface area contributed by atoms with Gasteiger partial charge < -0.3 is 19.9 Å². The summed E-state index contributed by atoms with van der Waals surface area (Å²) in [5, 5.41) is 13.2. The molecular formula is C18H20NO5. The van der Waals surface area contributed by atoms with Crippen molar-refractivity contribution < 1.29 is 24.2 Å². The van der Waals surface area contributed by atoms with Crippen molar-refractivity contribution in [2.45, 2.75) is 13.0 Å². The van der Waals surface area contributed by atoms with Gasteiger partial charge in [-0.1, -0.05) is 24.3 Å². The second-order valence-corrected chi connectivity index (χ2v) is 5.17. The average Bonchev–Trinajstić information content (AvgIpc) is 2.57. The molecule has 6 nitrogen and oxygen atoms in total. The molecule has 24 heavy (non-hydrogen) atoms. The van der Waals surface area contributed by atoms with E-state index in [4.69, 9.17) is 14.6 Å². The predicted molar refractivity (Wildman–Crippen MR) is 90.2 cm³/mol. The van der Waals surface area contributed by atoms with Crippen molar-refractivity contribution in [2.75, 3.05) is 19.8 Å². The number of carbonyl (C=O) groups is 2. The van der Waals surface area contributed by atoms with Crippen LogP contribution in [0.4, 0.5) is 0 Å². The molecule has 0 aliphatic carbocycles. The molecule has 0 saturated carbocycles. The van der Waals surface area contributed by atoms with Gasteiger partial charge in [-0.2, -0.15) is 0 Å². The smallest absolute Gasteiger partial charge is 0.341 e. The van der Waals surface area contributed by atoms with E-state index >= 15 is 0 Å². The van der Waals surface area contributed by atoms with E-state index in [0.29, 0.717) is 6.61 Å². The third kappa shape index (κ3) is 4.70. The number of aliphatic carboxylic acids is 1. The number of ether oxygens (including phenoxy) is 2. The fourth-order valence-electron chi connectivity index (χ4n) is 2.25. The summed E-state index contributed by atoms with van der Waals surface area (Å²) >= 11 is 0. The van der Waals surface area contributed by atoms with E-state index in [1.54, 1.807) is 12.1 Å². The summed E-state index contributed by atoms with van der Waals surface area (Å²) in [6.45, 7) is 5.86. The first-order valence-corrected chi connectivity index (χ1v) is 7.61. The molecule has 0 fully saturated rings. The van der Waals surface area contributed by atoms with E-state index in [0.717, 1.165) is 10.8 Å². The van der Waals surface area contributed by atoms with E-state index in [9.17, 15) is 9.59 Å². The number of carbonyl (C=O) groups excluding carboxylic acids is 1. The molecule has 1 unspecified atom stereocenters. The van der Waals surface area contributed by atoms with Gasteiger partial charge >= 0.3 is 5.97 Å². The number of fused-ring (bicyclic) bond motifs is 1. The Morgan fingerprint density at radius 3 is 2.54 bits per heavy atom. The highest BCUT2D eigenvalue weighted by Crippen LogP contribution is 2.26. The van der Waals surface area contributed by atoms with Crippen LogP contribution in [0.25, 0.3) is 10.8 Å². The minimum Gasteiger partial charge on any atom is -0.481 e. The van der Waals surface area contributed by atoms with Crippen LogP contribution in [0, 0.1) is 6.92 Å². The van der Waals surface area contributed by atoms with Crippen LogP contribution in [-0.2, 0) is 9.53 Å². The van der Waals surface area contributed by atoms with E-state index in [1.807, 2.05) is 31.2 Å². The minimum absolute atomic E-state index is 0.227. The van der Waals surface area contributed by atoms with Gasteiger partial charge in [0.15, 0.2) is 6.61 Å². The van der Waals surface area contributed by atoms with Crippen molar-refractivity contribution in [3.05, 3.63) is 48.9 Å². The highest BCUT2D eigenvalue weighted by Gasteiger charge is 2.16. The van der Waals surface area contributed by atoms with Gasteiger partial charge in [0.1, 0.15) is 5.75 Å². The molecule has 2 aromatic carbocycles. The summed E-state index contributed by atoms with van der Waals surface area (Å²) in [6, 6.07) is 10.8. The second-order valence-electron chi connectivity index (χ2n) is 5.17. The molecule has 0 spiro atoms. The van der Waals surface area contributed by atoms with Crippen LogP contribution in [0.15, 0.2) is 36.4 Å². The maximum absolute atomic E-state index is 12.4. The van der Waals surface area contributed by atoms with Crippen molar-refractivity contribution >= 4 is 22.6 Å². The highest BCUT2D eigenvalue weighted by atomic mass is 16.5. The summed E-state index contributed by atoms with van der Waals surface area (Å²) in [5.74, 6) is -1.25. The first-order chi connectivity index (χ1) is 11.5. The fourth-order valence-corrected chi connectivity index (χ4v) is 2.25. The Hall–Kier alpha value is -2.60. The molecule has 6 heteroatoms. The lowest BCUT2D eigenvalue weighted by Gasteiger charge is -2.15. The molecule has 127 valence electrons. The zero-order chi connectivity index (χ0) is 17.5. The van der Waals surface area contributed by atoms with Crippen LogP contribution in [0.5, 0.6) is 5.75 Å². The Balaban J connectivity index is 2.25. The number of rotatable bonds is 8. The van der Waals surface area contributed by atoms with Crippen LogP contribution in [-0.4, -0.2) is 42.8 Å². The minimum atomic E-state index is -1.11. The first kappa shape index (κ1) is 17.7. The van der Waals surface area contributed by atoms with E-state index < -0.39 is 12.6 Å². The van der Waals surface area contributed by atoms with E-state index in [-0.39, 0.29) is 29.9 Å². The number of carboxylic acids is 1. The fraction of sp³-hybridized carbons (Fsp3) is 0.278. The topological polar surface area (TPSA) is 84.9 Å². The van der Waals surface area contributed by atoms with Gasteiger partial charge in [0.05, 0.1) is 11.7 Å². The molecular weight excluding hydrogens is 310 g/mol. The van der Waals surface area contributed by atoms with Crippen molar-refractivity contribution in [1.29, 1.82) is 0 Å². The van der Waals surface area contributed by atoms with Crippen LogP contribution in [0.1, 0.15) is 17.3 Å². The van der Waals surface area contributed by atoms with Crippen LogP contribution < -0.4 is 10.1 Å². The first-order valence-electron chi connectivity index (χ1n) is 7.61. The maximum Gasteiger partial charge on any atom is 0.341 e. The monoisotopic (exact) mass is 330 g/mol. The molecule has 0 aromatic heterocycles. The second kappa shape index (κ2) is 8.31. The number of nitrogens with one attached hydrogen (secondary N) is 1. The quantitative estimate of drug-likeness (QED) is 0.775. The van der Waals surface area contributed by atoms with Crippen molar-refractivity contribution in [2.24, 2.45) is 0 Å². The van der Waals surface area contributed by atoms with Gasteiger partial charge in [-0.3, -0.25) is 4.79 Å². The van der Waals surface area contributed by atoms with Gasteiger partial charge in [-0.15, -0.1) is 0 Å². The van der Waals surface area contributed by atoms with Crippen molar-refractivity contribution in [3.63, 3.8) is 0 Å². The molecule has 2 rings (SSSR count). The average molecular weight is 330 g/mol. The number of carboxylic acid groups (broad SMARTS) is 1. The van der Waals surface area contributed by atoms with Gasteiger partial charge in [-0.05, 0) is 36.8 Å². The molecule has 0 bridgehead atoms. The number of amides is 1. The van der Waals surface area contributed by atoms with Crippen LogP contribution >= 0.6 is 0 Å². The van der Waals surface area contributed by atoms with E-state index in [1.165, 1.54) is 0 Å². The van der Waals surface area contributed by atoms with Gasteiger partial charge in [0.25, 0.3) is 5.91 Å². The zero-order valence-corrected chi connectivity index (χ0v) is 13.5. The number of benzene rings is 2. The standard InChI is InChI=1S/C18H20NO5/c1-3-23-12(2)10-19-18(22)15-8-13-6-4-5-7-14(13)9-16(15)24-11-17(20)21/h4-9,12H,2-3,10-11H2,1H3,(H,19,22)(H,20,21). The lowest BCUT2D eigenvalue weighted by molar-refractivity contribution is -0.139. The zero-order valence-electron chi connectivity index (χ0n) is 13.5. The predicted octanol–water partition coefficient (Wildman–Crippen LogP) is 2.27. The molecule has 1 atom stereocenters. The Bertz CT molecular complexity index is 728. The van der Waals surface area contributed by atoms with Crippen molar-refractivity contribution in [1.82, 2.24) is 5.32 Å². The number of hydrogen-bond acceptors (Lipinski definition) is 4. The Morgan fingerprint density at radius 2 is 1.92 bits per heavy atom. The normalized spacial score (nSPS) is 11.9. The van der Waals surface area contributed by atoms with Crippen LogP contribution in [0.2, 0.25) is 0 Å². The van der Waals surface area contributed by atoms with Gasteiger partial charge in [0, 0.05) is 13.2 Å². The summed E-state index contributed by atoms with van der Waals surface area (Å²) < 4.78 is 10.5. The summed E-state index contributed by atoms with van der Waals surface area (Å²) in [5.41, 5.74) is 0.277. The molecule has 0 aliphatic heterocycles. The third-order valence-corrected chi connectivity index (χ3v) is 3.34. The Labute approximate surface area is 140 Å². The molecule has 0 aliphatic rings. The summed E-state index contributed by atoms with van der Waals surface area (Å²) in [6.07, 6.45) is -0.359. The molecule has 2 N–H and O–H groups in total. The van der Waals surface area contributed by atoms with Crippen molar-refractivity contribution in [3.8, 4) is 5.75 Å². The molecule has 2 aromatic rings. The SMILES string of the molecule is [CH2]C(CNC(=O)c1cc2ccccc2cc1OCC(=O)O)OCC. The molecule has 1 amide bonds. The maximum atomic E-state index is 12.4. The summed E-state index contributed by atoms with van der Waals surface area (Å²) in [7, 11) is 0. The highest BCUT2D eigenvalue weighted by molar-refractivity contribution is 6.01.